The lowest BCUT2D eigenvalue weighted by Crippen LogP contribution is -2.38. The second kappa shape index (κ2) is 4.45. The van der Waals surface area contributed by atoms with Gasteiger partial charge in [-0.1, -0.05) is 37.1 Å². The van der Waals surface area contributed by atoms with Crippen molar-refractivity contribution >= 4 is 0 Å². The molecule has 92 valence electrons. The average Bonchev–Trinajstić information content (AvgIpc) is 3.11. The number of rotatable bonds is 4. The smallest absolute Gasteiger partial charge is 0.0213 e. The van der Waals surface area contributed by atoms with Crippen LogP contribution in [0.3, 0.4) is 0 Å². The van der Waals surface area contributed by atoms with Gasteiger partial charge in [-0.2, -0.15) is 0 Å². The summed E-state index contributed by atoms with van der Waals surface area (Å²) in [6.45, 7) is 3.45. The van der Waals surface area contributed by atoms with E-state index in [0.29, 0.717) is 5.54 Å². The van der Waals surface area contributed by atoms with E-state index in [1.165, 1.54) is 44.1 Å². The second-order valence-corrected chi connectivity index (χ2v) is 6.09. The Morgan fingerprint density at radius 1 is 1.18 bits per heavy atom. The molecule has 1 aromatic rings. The van der Waals surface area contributed by atoms with E-state index in [0.717, 1.165) is 12.5 Å². The first kappa shape index (κ1) is 11.3. The van der Waals surface area contributed by atoms with Gasteiger partial charge in [0.15, 0.2) is 0 Å². The van der Waals surface area contributed by atoms with E-state index < -0.39 is 0 Å². The van der Waals surface area contributed by atoms with Crippen LogP contribution in [0.25, 0.3) is 0 Å². The van der Waals surface area contributed by atoms with Gasteiger partial charge >= 0.3 is 0 Å². The minimum atomic E-state index is 0.399. The van der Waals surface area contributed by atoms with E-state index in [4.69, 9.17) is 0 Å². The molecule has 0 aromatic heterocycles. The summed E-state index contributed by atoms with van der Waals surface area (Å²) in [5.74, 6) is 0.865. The van der Waals surface area contributed by atoms with Gasteiger partial charge in [-0.3, -0.25) is 0 Å². The Labute approximate surface area is 105 Å². The van der Waals surface area contributed by atoms with Crippen LogP contribution in [0.15, 0.2) is 24.3 Å². The summed E-state index contributed by atoms with van der Waals surface area (Å²) < 4.78 is 0. The van der Waals surface area contributed by atoms with Crippen molar-refractivity contribution in [3.05, 3.63) is 35.4 Å². The van der Waals surface area contributed by atoms with Gasteiger partial charge in [0.2, 0.25) is 0 Å². The Morgan fingerprint density at radius 2 is 1.88 bits per heavy atom. The predicted molar refractivity (Wildman–Crippen MR) is 72.1 cm³/mol. The third kappa shape index (κ3) is 2.55. The van der Waals surface area contributed by atoms with Crippen LogP contribution in [0.1, 0.15) is 62.5 Å². The van der Waals surface area contributed by atoms with Crippen molar-refractivity contribution in [3.8, 4) is 0 Å². The highest BCUT2D eigenvalue weighted by molar-refractivity contribution is 5.33. The lowest BCUT2D eigenvalue weighted by Gasteiger charge is -2.26. The highest BCUT2D eigenvalue weighted by atomic mass is 15.0. The van der Waals surface area contributed by atoms with E-state index >= 15 is 0 Å². The van der Waals surface area contributed by atoms with Crippen LogP contribution >= 0.6 is 0 Å². The molecule has 17 heavy (non-hydrogen) atoms. The van der Waals surface area contributed by atoms with E-state index in [1.807, 2.05) is 0 Å². The highest BCUT2D eigenvalue weighted by Gasteiger charge is 2.29. The molecule has 1 N–H and O–H groups in total. The maximum Gasteiger partial charge on any atom is 0.0213 e. The Bertz CT molecular complexity index is 386. The Hall–Kier alpha value is -0.820. The molecule has 0 saturated heterocycles. The lowest BCUT2D eigenvalue weighted by molar-refractivity contribution is 0.362. The van der Waals surface area contributed by atoms with Gasteiger partial charge in [-0.15, -0.1) is 0 Å². The van der Waals surface area contributed by atoms with Gasteiger partial charge in [0.25, 0.3) is 0 Å². The molecule has 2 aliphatic rings. The molecule has 2 saturated carbocycles. The molecule has 0 aliphatic heterocycles. The van der Waals surface area contributed by atoms with Crippen molar-refractivity contribution < 1.29 is 0 Å². The second-order valence-electron chi connectivity index (χ2n) is 6.09. The topological polar surface area (TPSA) is 12.0 Å². The Kier molecular flexibility index (Phi) is 2.96. The largest absolute Gasteiger partial charge is 0.307 e. The molecular formula is C16H23N. The summed E-state index contributed by atoms with van der Waals surface area (Å²) in [7, 11) is 0. The Morgan fingerprint density at radius 3 is 2.59 bits per heavy atom. The van der Waals surface area contributed by atoms with Gasteiger partial charge in [0.05, 0.1) is 0 Å². The quantitative estimate of drug-likeness (QED) is 0.823. The standard InChI is InChI=1S/C16H23N/c1-16(10-4-5-11-16)17-12-14-6-2-3-7-15(14)13-8-9-13/h2-3,6-7,13,17H,4-5,8-12H2,1H3. The van der Waals surface area contributed by atoms with Gasteiger partial charge in [-0.25, -0.2) is 0 Å². The van der Waals surface area contributed by atoms with Crippen LogP contribution in [0.5, 0.6) is 0 Å². The summed E-state index contributed by atoms with van der Waals surface area (Å²) in [5, 5.41) is 3.80. The Balaban J connectivity index is 1.68. The zero-order valence-electron chi connectivity index (χ0n) is 10.8. The summed E-state index contributed by atoms with van der Waals surface area (Å²) in [6, 6.07) is 9.00. The first-order valence-electron chi connectivity index (χ1n) is 7.10. The van der Waals surface area contributed by atoms with Crippen LogP contribution in [0.2, 0.25) is 0 Å². The van der Waals surface area contributed by atoms with Crippen LogP contribution < -0.4 is 5.32 Å². The third-order valence-electron chi connectivity index (χ3n) is 4.48. The summed E-state index contributed by atoms with van der Waals surface area (Å²) >= 11 is 0. The van der Waals surface area contributed by atoms with Gasteiger partial charge in [0, 0.05) is 12.1 Å². The third-order valence-corrected chi connectivity index (χ3v) is 4.48. The van der Waals surface area contributed by atoms with E-state index in [1.54, 1.807) is 5.56 Å². The van der Waals surface area contributed by atoms with Crippen molar-refractivity contribution in [2.45, 2.75) is 63.5 Å². The molecule has 0 unspecified atom stereocenters. The minimum absolute atomic E-state index is 0.399. The summed E-state index contributed by atoms with van der Waals surface area (Å²) in [4.78, 5) is 0. The molecular weight excluding hydrogens is 206 g/mol. The molecule has 1 heteroatoms. The lowest BCUT2D eigenvalue weighted by atomic mass is 9.98. The number of nitrogens with one attached hydrogen (secondary N) is 1. The van der Waals surface area contributed by atoms with Crippen LogP contribution in [0, 0.1) is 0 Å². The fraction of sp³-hybridized carbons (Fsp3) is 0.625. The highest BCUT2D eigenvalue weighted by Crippen LogP contribution is 2.41. The van der Waals surface area contributed by atoms with Crippen LogP contribution in [-0.2, 0) is 6.54 Å². The fourth-order valence-corrected chi connectivity index (χ4v) is 3.13. The molecule has 0 spiro atoms. The number of hydrogen-bond donors (Lipinski definition) is 1. The molecule has 0 amide bonds. The number of hydrogen-bond acceptors (Lipinski definition) is 1. The van der Waals surface area contributed by atoms with E-state index in [9.17, 15) is 0 Å². The molecule has 3 rings (SSSR count). The van der Waals surface area contributed by atoms with Crippen LogP contribution in [0.4, 0.5) is 0 Å². The molecule has 0 radical (unpaired) electrons. The zero-order chi connectivity index (χ0) is 11.7. The first-order valence-corrected chi connectivity index (χ1v) is 7.10. The monoisotopic (exact) mass is 229 g/mol. The van der Waals surface area contributed by atoms with Gasteiger partial charge in [0.1, 0.15) is 0 Å². The maximum atomic E-state index is 3.80. The van der Waals surface area contributed by atoms with Gasteiger partial charge in [-0.05, 0) is 49.7 Å². The molecule has 1 aromatic carbocycles. The summed E-state index contributed by atoms with van der Waals surface area (Å²) in [6.07, 6.45) is 8.28. The SMILES string of the molecule is CC1(NCc2ccccc2C2CC2)CCCC1. The van der Waals surface area contributed by atoms with E-state index in [-0.39, 0.29) is 0 Å². The van der Waals surface area contributed by atoms with Crippen molar-refractivity contribution in [3.63, 3.8) is 0 Å². The molecule has 2 fully saturated rings. The summed E-state index contributed by atoms with van der Waals surface area (Å²) in [5.41, 5.74) is 3.53. The maximum absolute atomic E-state index is 3.80. The normalized spacial score (nSPS) is 22.9. The average molecular weight is 229 g/mol. The molecule has 0 bridgehead atoms. The van der Waals surface area contributed by atoms with E-state index in [2.05, 4.69) is 36.5 Å². The predicted octanol–water partition coefficient (Wildman–Crippen LogP) is 3.99. The van der Waals surface area contributed by atoms with Crippen LogP contribution in [-0.4, -0.2) is 5.54 Å². The number of benzene rings is 1. The van der Waals surface area contributed by atoms with Crippen molar-refractivity contribution in [2.24, 2.45) is 0 Å². The van der Waals surface area contributed by atoms with Crippen molar-refractivity contribution in [2.75, 3.05) is 0 Å². The first-order chi connectivity index (χ1) is 8.27. The molecule has 0 atom stereocenters. The molecule has 2 aliphatic carbocycles. The molecule has 0 heterocycles. The zero-order valence-corrected chi connectivity index (χ0v) is 10.8. The fourth-order valence-electron chi connectivity index (χ4n) is 3.13. The minimum Gasteiger partial charge on any atom is -0.307 e. The van der Waals surface area contributed by atoms with Crippen molar-refractivity contribution in [1.82, 2.24) is 5.32 Å². The van der Waals surface area contributed by atoms with Gasteiger partial charge < -0.3 is 5.32 Å². The molecule has 1 nitrogen and oxygen atoms in total. The van der Waals surface area contributed by atoms with Crippen molar-refractivity contribution in [1.29, 1.82) is 0 Å².